The van der Waals surface area contributed by atoms with E-state index in [-0.39, 0.29) is 17.1 Å². The minimum atomic E-state index is -0.339. The lowest BCUT2D eigenvalue weighted by Crippen LogP contribution is -2.27. The highest BCUT2D eigenvalue weighted by Gasteiger charge is 2.21. The second kappa shape index (κ2) is 9.76. The predicted molar refractivity (Wildman–Crippen MR) is 113 cm³/mol. The Kier molecular flexibility index (Phi) is 6.87. The van der Waals surface area contributed by atoms with Crippen molar-refractivity contribution in [2.24, 2.45) is 0 Å². The molecule has 0 aliphatic carbocycles. The summed E-state index contributed by atoms with van der Waals surface area (Å²) in [6.45, 7) is 0.408. The number of hydrogen-bond acceptors (Lipinski definition) is 3. The molecule has 1 atom stereocenters. The zero-order valence-corrected chi connectivity index (χ0v) is 16.4. The summed E-state index contributed by atoms with van der Waals surface area (Å²) in [7, 11) is 1.60. The summed E-state index contributed by atoms with van der Waals surface area (Å²) in [6, 6.07) is 26.9. The zero-order valence-electron chi connectivity index (χ0n) is 15.6. The van der Waals surface area contributed by atoms with E-state index in [0.29, 0.717) is 12.1 Å². The smallest absolute Gasteiger partial charge is 0.251 e. The predicted octanol–water partition coefficient (Wildman–Crippen LogP) is 4.20. The van der Waals surface area contributed by atoms with Crippen LogP contribution in [0.1, 0.15) is 26.7 Å². The van der Waals surface area contributed by atoms with Gasteiger partial charge in [-0.1, -0.05) is 60.7 Å². The number of carbonyl (C=O) groups excluding carboxylic acids is 2. The molecule has 5 heteroatoms. The monoisotopic (exact) mass is 390 g/mol. The van der Waals surface area contributed by atoms with Crippen LogP contribution in [0.15, 0.2) is 89.8 Å². The fourth-order valence-electron chi connectivity index (χ4n) is 2.74. The van der Waals surface area contributed by atoms with E-state index in [4.69, 9.17) is 0 Å². The molecule has 28 heavy (non-hydrogen) atoms. The van der Waals surface area contributed by atoms with Crippen molar-refractivity contribution in [3.05, 3.63) is 102 Å². The molecule has 0 spiro atoms. The van der Waals surface area contributed by atoms with Gasteiger partial charge in [-0.25, -0.2) is 0 Å². The van der Waals surface area contributed by atoms with Crippen molar-refractivity contribution in [3.63, 3.8) is 0 Å². The third-order valence-corrected chi connectivity index (χ3v) is 5.51. The molecule has 0 fully saturated rings. The highest BCUT2D eigenvalue weighted by atomic mass is 32.2. The molecule has 0 saturated heterocycles. The molecule has 2 amide bonds. The van der Waals surface area contributed by atoms with E-state index < -0.39 is 0 Å². The summed E-state index contributed by atoms with van der Waals surface area (Å²) in [5, 5.41) is 5.28. The number of rotatable bonds is 7. The first-order chi connectivity index (χ1) is 13.7. The van der Waals surface area contributed by atoms with Crippen LogP contribution in [0.2, 0.25) is 0 Å². The van der Waals surface area contributed by atoms with E-state index in [2.05, 4.69) is 10.6 Å². The van der Waals surface area contributed by atoms with Gasteiger partial charge >= 0.3 is 0 Å². The van der Waals surface area contributed by atoms with Crippen LogP contribution in [-0.2, 0) is 11.3 Å². The van der Waals surface area contributed by atoms with Gasteiger partial charge in [0, 0.05) is 24.1 Å². The Balaban J connectivity index is 1.70. The maximum Gasteiger partial charge on any atom is 0.251 e. The molecule has 0 saturated carbocycles. The van der Waals surface area contributed by atoms with Crippen molar-refractivity contribution in [1.29, 1.82) is 0 Å². The SMILES string of the molecule is CNC(=O)c1ccc(CNC(=O)C(Sc2ccccc2)c2ccccc2)cc1. The number of benzene rings is 3. The molecule has 0 aromatic heterocycles. The molecule has 2 N–H and O–H groups in total. The third-order valence-electron chi connectivity index (χ3n) is 4.25. The van der Waals surface area contributed by atoms with Crippen LogP contribution in [0.3, 0.4) is 0 Å². The van der Waals surface area contributed by atoms with E-state index in [9.17, 15) is 9.59 Å². The molecular weight excluding hydrogens is 368 g/mol. The Labute approximate surface area is 169 Å². The summed E-state index contributed by atoms with van der Waals surface area (Å²) in [5.41, 5.74) is 2.50. The van der Waals surface area contributed by atoms with Crippen molar-refractivity contribution in [1.82, 2.24) is 10.6 Å². The van der Waals surface area contributed by atoms with Crippen LogP contribution in [0.4, 0.5) is 0 Å². The number of nitrogens with one attached hydrogen (secondary N) is 2. The first-order valence-electron chi connectivity index (χ1n) is 9.03. The molecule has 0 heterocycles. The third kappa shape index (κ3) is 5.24. The molecule has 3 aromatic carbocycles. The van der Waals surface area contributed by atoms with Gasteiger partial charge in [-0.15, -0.1) is 11.8 Å². The van der Waals surface area contributed by atoms with E-state index in [0.717, 1.165) is 16.0 Å². The van der Waals surface area contributed by atoms with Gasteiger partial charge in [0.1, 0.15) is 5.25 Å². The summed E-state index contributed by atoms with van der Waals surface area (Å²) in [5.74, 6) is -0.172. The minimum Gasteiger partial charge on any atom is -0.355 e. The van der Waals surface area contributed by atoms with Gasteiger partial charge in [0.2, 0.25) is 5.91 Å². The van der Waals surface area contributed by atoms with Crippen LogP contribution in [-0.4, -0.2) is 18.9 Å². The molecular formula is C23H22N2O2S. The summed E-state index contributed by atoms with van der Waals surface area (Å²) >= 11 is 1.53. The number of hydrogen-bond donors (Lipinski definition) is 2. The first kappa shape index (κ1) is 19.7. The summed E-state index contributed by atoms with van der Waals surface area (Å²) in [6.07, 6.45) is 0. The van der Waals surface area contributed by atoms with Gasteiger partial charge in [-0.2, -0.15) is 0 Å². The molecule has 3 aromatic rings. The Morgan fingerprint density at radius 1 is 0.857 bits per heavy atom. The molecule has 1 unspecified atom stereocenters. The molecule has 4 nitrogen and oxygen atoms in total. The van der Waals surface area contributed by atoms with Crippen LogP contribution in [0, 0.1) is 0 Å². The highest BCUT2D eigenvalue weighted by Crippen LogP contribution is 2.35. The Hall–Kier alpha value is -3.05. The van der Waals surface area contributed by atoms with E-state index in [1.54, 1.807) is 19.2 Å². The normalized spacial score (nSPS) is 11.5. The zero-order chi connectivity index (χ0) is 19.8. The van der Waals surface area contributed by atoms with E-state index in [1.165, 1.54) is 11.8 Å². The maximum atomic E-state index is 12.9. The molecule has 3 rings (SSSR count). The Morgan fingerprint density at radius 2 is 1.46 bits per heavy atom. The topological polar surface area (TPSA) is 58.2 Å². The van der Waals surface area contributed by atoms with Gasteiger partial charge in [0.15, 0.2) is 0 Å². The van der Waals surface area contributed by atoms with Crippen LogP contribution < -0.4 is 10.6 Å². The van der Waals surface area contributed by atoms with Crippen molar-refractivity contribution in [2.45, 2.75) is 16.7 Å². The number of carbonyl (C=O) groups is 2. The molecule has 0 radical (unpaired) electrons. The van der Waals surface area contributed by atoms with Gasteiger partial charge in [-0.3, -0.25) is 9.59 Å². The lowest BCUT2D eigenvalue weighted by molar-refractivity contribution is -0.120. The highest BCUT2D eigenvalue weighted by molar-refractivity contribution is 8.00. The average Bonchev–Trinajstić information content (AvgIpc) is 2.77. The Bertz CT molecular complexity index is 912. The van der Waals surface area contributed by atoms with Crippen molar-refractivity contribution < 1.29 is 9.59 Å². The first-order valence-corrected chi connectivity index (χ1v) is 9.90. The standard InChI is InChI=1S/C23H22N2O2S/c1-24-22(26)19-14-12-17(13-15-19)16-25-23(27)21(18-8-4-2-5-9-18)28-20-10-6-3-7-11-20/h2-15,21H,16H2,1H3,(H,24,26)(H,25,27). The largest absolute Gasteiger partial charge is 0.355 e. The van der Waals surface area contributed by atoms with Gasteiger partial charge in [0.05, 0.1) is 0 Å². The van der Waals surface area contributed by atoms with Crippen LogP contribution in [0.25, 0.3) is 0 Å². The Morgan fingerprint density at radius 3 is 2.07 bits per heavy atom. The molecule has 0 bridgehead atoms. The van der Waals surface area contributed by atoms with Crippen molar-refractivity contribution in [3.8, 4) is 0 Å². The lowest BCUT2D eigenvalue weighted by Gasteiger charge is -2.17. The fourth-order valence-corrected chi connectivity index (χ4v) is 3.81. The maximum absolute atomic E-state index is 12.9. The molecule has 0 aliphatic heterocycles. The van der Waals surface area contributed by atoms with Gasteiger partial charge < -0.3 is 10.6 Å². The van der Waals surface area contributed by atoms with Gasteiger partial charge in [-0.05, 0) is 35.4 Å². The second-order valence-corrected chi connectivity index (χ2v) is 7.39. The number of amides is 2. The van der Waals surface area contributed by atoms with Crippen LogP contribution >= 0.6 is 11.8 Å². The second-order valence-electron chi connectivity index (χ2n) is 6.22. The molecule has 142 valence electrons. The minimum absolute atomic E-state index is 0.0459. The summed E-state index contributed by atoms with van der Waals surface area (Å²) in [4.78, 5) is 25.6. The molecule has 0 aliphatic rings. The van der Waals surface area contributed by atoms with Crippen molar-refractivity contribution in [2.75, 3.05) is 7.05 Å². The number of thioether (sulfide) groups is 1. The quantitative estimate of drug-likeness (QED) is 0.595. The van der Waals surface area contributed by atoms with Gasteiger partial charge in [0.25, 0.3) is 5.91 Å². The fraction of sp³-hybridized carbons (Fsp3) is 0.130. The van der Waals surface area contributed by atoms with Crippen LogP contribution in [0.5, 0.6) is 0 Å². The van der Waals surface area contributed by atoms with E-state index in [1.807, 2.05) is 72.8 Å². The summed E-state index contributed by atoms with van der Waals surface area (Å²) < 4.78 is 0. The van der Waals surface area contributed by atoms with Crippen molar-refractivity contribution >= 4 is 23.6 Å². The van der Waals surface area contributed by atoms with E-state index >= 15 is 0 Å². The lowest BCUT2D eigenvalue weighted by atomic mass is 10.1. The average molecular weight is 391 g/mol.